The Hall–Kier alpha value is -3.36. The van der Waals surface area contributed by atoms with Crippen molar-refractivity contribution in [3.8, 4) is 17.1 Å². The molecular weight excluding hydrogens is 387 g/mol. The first-order valence-corrected chi connectivity index (χ1v) is 8.85. The van der Waals surface area contributed by atoms with Gasteiger partial charge in [0.2, 0.25) is 17.6 Å². The zero-order valence-electron chi connectivity index (χ0n) is 15.3. The second-order valence-electron chi connectivity index (χ2n) is 6.77. The first-order chi connectivity index (χ1) is 13.8. The molecule has 0 radical (unpaired) electrons. The number of amides is 1. The summed E-state index contributed by atoms with van der Waals surface area (Å²) >= 11 is 0. The van der Waals surface area contributed by atoms with E-state index >= 15 is 0 Å². The fourth-order valence-corrected chi connectivity index (χ4v) is 3.24. The third-order valence-corrected chi connectivity index (χ3v) is 4.58. The average molecular weight is 403 g/mol. The van der Waals surface area contributed by atoms with Gasteiger partial charge in [0.25, 0.3) is 0 Å². The number of nitrogens with zero attached hydrogens (tertiary/aromatic N) is 3. The number of aryl methyl sites for hydroxylation is 1. The Kier molecular flexibility index (Phi) is 4.73. The number of carbonyl (C=O) groups is 1. The summed E-state index contributed by atoms with van der Waals surface area (Å²) in [5, 5.41) is 3.89. The van der Waals surface area contributed by atoms with Crippen molar-refractivity contribution < 1.29 is 27.2 Å². The van der Waals surface area contributed by atoms with Gasteiger partial charge in [-0.1, -0.05) is 17.3 Å². The number of benzene rings is 2. The molecular formula is C20H16F3N3O3. The third kappa shape index (κ3) is 4.23. The summed E-state index contributed by atoms with van der Waals surface area (Å²) in [5.41, 5.74) is 2.35. The summed E-state index contributed by atoms with van der Waals surface area (Å²) < 4.78 is 45.9. The molecule has 1 saturated heterocycles. The minimum Gasteiger partial charge on any atom is -0.406 e. The molecule has 0 aliphatic carbocycles. The van der Waals surface area contributed by atoms with E-state index in [9.17, 15) is 18.0 Å². The maximum absolute atomic E-state index is 12.4. The Balaban J connectivity index is 1.49. The van der Waals surface area contributed by atoms with E-state index in [1.165, 1.54) is 24.3 Å². The summed E-state index contributed by atoms with van der Waals surface area (Å²) in [6.07, 6.45) is -4.51. The molecule has 1 aromatic heterocycles. The molecule has 1 aliphatic heterocycles. The van der Waals surface area contributed by atoms with E-state index in [-0.39, 0.29) is 29.8 Å². The summed E-state index contributed by atoms with van der Waals surface area (Å²) in [6, 6.07) is 12.8. The van der Waals surface area contributed by atoms with E-state index in [4.69, 9.17) is 4.52 Å². The highest BCUT2D eigenvalue weighted by Crippen LogP contribution is 2.32. The van der Waals surface area contributed by atoms with Crippen LogP contribution in [0.1, 0.15) is 23.8 Å². The Morgan fingerprint density at radius 2 is 1.93 bits per heavy atom. The number of ether oxygens (including phenoxy) is 1. The number of rotatable bonds is 4. The minimum absolute atomic E-state index is 0.0333. The summed E-state index contributed by atoms with van der Waals surface area (Å²) in [7, 11) is 0. The predicted molar refractivity (Wildman–Crippen MR) is 97.3 cm³/mol. The van der Waals surface area contributed by atoms with Gasteiger partial charge in [0.15, 0.2) is 0 Å². The maximum atomic E-state index is 12.4. The number of hydrogen-bond acceptors (Lipinski definition) is 5. The summed E-state index contributed by atoms with van der Waals surface area (Å²) in [4.78, 5) is 18.4. The number of hydrogen-bond donors (Lipinski definition) is 0. The minimum atomic E-state index is -4.75. The number of anilines is 1. The maximum Gasteiger partial charge on any atom is 0.573 e. The molecule has 0 N–H and O–H groups in total. The fraction of sp³-hybridized carbons (Fsp3) is 0.250. The van der Waals surface area contributed by atoms with Crippen molar-refractivity contribution in [1.82, 2.24) is 10.1 Å². The molecule has 6 nitrogen and oxygen atoms in total. The van der Waals surface area contributed by atoms with Gasteiger partial charge in [-0.15, -0.1) is 13.2 Å². The van der Waals surface area contributed by atoms with E-state index < -0.39 is 6.36 Å². The lowest BCUT2D eigenvalue weighted by molar-refractivity contribution is -0.274. The largest absolute Gasteiger partial charge is 0.573 e. The fourth-order valence-electron chi connectivity index (χ4n) is 3.24. The quantitative estimate of drug-likeness (QED) is 0.643. The molecule has 150 valence electrons. The molecule has 3 aromatic rings. The predicted octanol–water partition coefficient (Wildman–Crippen LogP) is 4.46. The van der Waals surface area contributed by atoms with Crippen LogP contribution >= 0.6 is 0 Å². The number of halogens is 3. The Morgan fingerprint density at radius 3 is 2.62 bits per heavy atom. The van der Waals surface area contributed by atoms with Crippen molar-refractivity contribution in [1.29, 1.82) is 0 Å². The zero-order valence-corrected chi connectivity index (χ0v) is 15.3. The van der Waals surface area contributed by atoms with Gasteiger partial charge in [0.1, 0.15) is 5.75 Å². The molecule has 29 heavy (non-hydrogen) atoms. The van der Waals surface area contributed by atoms with Gasteiger partial charge >= 0.3 is 6.36 Å². The molecule has 1 unspecified atom stereocenters. The van der Waals surface area contributed by atoms with Crippen molar-refractivity contribution >= 4 is 11.6 Å². The van der Waals surface area contributed by atoms with Crippen molar-refractivity contribution in [2.75, 3.05) is 11.4 Å². The van der Waals surface area contributed by atoms with Gasteiger partial charge in [-0.3, -0.25) is 4.79 Å². The lowest BCUT2D eigenvalue weighted by Crippen LogP contribution is -2.24. The van der Waals surface area contributed by atoms with Crippen LogP contribution in [0.2, 0.25) is 0 Å². The van der Waals surface area contributed by atoms with Crippen LogP contribution in [0.3, 0.4) is 0 Å². The number of alkyl halides is 3. The summed E-state index contributed by atoms with van der Waals surface area (Å²) in [5.74, 6) is -0.0645. The number of aromatic nitrogens is 2. The van der Waals surface area contributed by atoms with Gasteiger partial charge < -0.3 is 14.2 Å². The van der Waals surface area contributed by atoms with Crippen LogP contribution in [-0.4, -0.2) is 29.0 Å². The highest BCUT2D eigenvalue weighted by atomic mass is 19.4. The lowest BCUT2D eigenvalue weighted by atomic mass is 10.1. The second kappa shape index (κ2) is 7.23. The van der Waals surface area contributed by atoms with Crippen molar-refractivity contribution in [2.24, 2.45) is 0 Å². The second-order valence-corrected chi connectivity index (χ2v) is 6.77. The van der Waals surface area contributed by atoms with E-state index in [0.717, 1.165) is 11.3 Å². The SMILES string of the molecule is Cc1cccc(N2CC(c3nc(-c4ccc(OC(F)(F)F)cc4)no3)CC2=O)c1. The lowest BCUT2D eigenvalue weighted by Gasteiger charge is -2.16. The van der Waals surface area contributed by atoms with Crippen molar-refractivity contribution in [3.63, 3.8) is 0 Å². The summed E-state index contributed by atoms with van der Waals surface area (Å²) in [6.45, 7) is 2.37. The van der Waals surface area contributed by atoms with E-state index in [0.29, 0.717) is 18.0 Å². The molecule has 9 heteroatoms. The molecule has 1 atom stereocenters. The van der Waals surface area contributed by atoms with Crippen LogP contribution in [0.4, 0.5) is 18.9 Å². The highest BCUT2D eigenvalue weighted by Gasteiger charge is 2.35. The van der Waals surface area contributed by atoms with E-state index in [1.807, 2.05) is 31.2 Å². The molecule has 2 aromatic carbocycles. The van der Waals surface area contributed by atoms with Gasteiger partial charge in [0, 0.05) is 24.2 Å². The topological polar surface area (TPSA) is 68.5 Å². The van der Waals surface area contributed by atoms with Crippen LogP contribution in [-0.2, 0) is 4.79 Å². The van der Waals surface area contributed by atoms with Crippen LogP contribution in [0.25, 0.3) is 11.4 Å². The van der Waals surface area contributed by atoms with E-state index in [2.05, 4.69) is 14.9 Å². The van der Waals surface area contributed by atoms with E-state index in [1.54, 1.807) is 4.90 Å². The van der Waals surface area contributed by atoms with Crippen LogP contribution in [0, 0.1) is 6.92 Å². The Labute approximate surface area is 163 Å². The standard InChI is InChI=1S/C20H16F3N3O3/c1-12-3-2-4-15(9-12)26-11-14(10-17(26)27)19-24-18(25-29-19)13-5-7-16(8-6-13)28-20(21,22)23/h2-9,14H,10-11H2,1H3. The molecule has 0 saturated carbocycles. The smallest absolute Gasteiger partial charge is 0.406 e. The van der Waals surface area contributed by atoms with Gasteiger partial charge in [-0.05, 0) is 48.9 Å². The molecule has 1 aliphatic rings. The molecule has 2 heterocycles. The first kappa shape index (κ1) is 19.0. The van der Waals surface area contributed by atoms with Crippen LogP contribution in [0.5, 0.6) is 5.75 Å². The third-order valence-electron chi connectivity index (χ3n) is 4.58. The van der Waals surface area contributed by atoms with Crippen LogP contribution in [0.15, 0.2) is 53.1 Å². The van der Waals surface area contributed by atoms with Gasteiger partial charge in [-0.25, -0.2) is 0 Å². The Bertz CT molecular complexity index is 1030. The van der Waals surface area contributed by atoms with Crippen molar-refractivity contribution in [3.05, 3.63) is 60.0 Å². The first-order valence-electron chi connectivity index (χ1n) is 8.85. The zero-order chi connectivity index (χ0) is 20.6. The molecule has 1 fully saturated rings. The molecule has 4 rings (SSSR count). The monoisotopic (exact) mass is 403 g/mol. The number of carbonyl (C=O) groups excluding carboxylic acids is 1. The molecule has 1 amide bonds. The molecule has 0 spiro atoms. The normalized spacial score (nSPS) is 17.0. The van der Waals surface area contributed by atoms with Gasteiger partial charge in [-0.2, -0.15) is 4.98 Å². The Morgan fingerprint density at radius 1 is 1.17 bits per heavy atom. The van der Waals surface area contributed by atoms with Gasteiger partial charge in [0.05, 0.1) is 5.92 Å². The van der Waals surface area contributed by atoms with Crippen molar-refractivity contribution in [2.45, 2.75) is 25.6 Å². The highest BCUT2D eigenvalue weighted by molar-refractivity contribution is 5.96. The molecule has 0 bridgehead atoms. The van der Waals surface area contributed by atoms with Crippen LogP contribution < -0.4 is 9.64 Å². The average Bonchev–Trinajstić information content (AvgIpc) is 3.28.